The second kappa shape index (κ2) is 8.34. The van der Waals surface area contributed by atoms with E-state index in [9.17, 15) is 4.21 Å². The van der Waals surface area contributed by atoms with Crippen LogP contribution in [0.1, 0.15) is 5.69 Å². The Labute approximate surface area is 169 Å². The lowest BCUT2D eigenvalue weighted by atomic mass is 10.2. The van der Waals surface area contributed by atoms with Crippen LogP contribution in [-0.2, 0) is 21.3 Å². The quantitative estimate of drug-likeness (QED) is 0.654. The second-order valence-corrected chi connectivity index (χ2v) is 7.79. The van der Waals surface area contributed by atoms with Gasteiger partial charge in [-0.05, 0) is 18.2 Å². The number of fused-ring (bicyclic) bond motifs is 1. The Balaban J connectivity index is 1.61. The van der Waals surface area contributed by atoms with Crippen LogP contribution in [0.15, 0.2) is 29.6 Å². The van der Waals surface area contributed by atoms with Crippen molar-refractivity contribution in [2.75, 3.05) is 45.4 Å². The summed E-state index contributed by atoms with van der Waals surface area (Å²) in [7, 11) is 1.43. The Morgan fingerprint density at radius 3 is 2.76 bits per heavy atom. The van der Waals surface area contributed by atoms with Gasteiger partial charge in [-0.25, -0.2) is 9.37 Å². The lowest BCUT2D eigenvalue weighted by molar-refractivity contribution is 0.122. The summed E-state index contributed by atoms with van der Waals surface area (Å²) in [6.07, 6.45) is 1.53. The number of anilines is 1. The van der Waals surface area contributed by atoms with Gasteiger partial charge in [0.05, 0.1) is 60.9 Å². The Morgan fingerprint density at radius 2 is 2.03 bits per heavy atom. The molecule has 1 N–H and O–H groups in total. The number of morpholine rings is 1. The average molecular weight is 420 g/mol. The van der Waals surface area contributed by atoms with Gasteiger partial charge in [0.2, 0.25) is 0 Å². The van der Waals surface area contributed by atoms with Crippen LogP contribution in [0.5, 0.6) is 11.5 Å². The molecule has 1 aliphatic heterocycles. The van der Waals surface area contributed by atoms with E-state index in [1.54, 1.807) is 18.2 Å². The minimum Gasteiger partial charge on any atom is -0.493 e. The van der Waals surface area contributed by atoms with Gasteiger partial charge in [0, 0.05) is 19.3 Å². The molecule has 1 atom stereocenters. The summed E-state index contributed by atoms with van der Waals surface area (Å²) in [6.45, 7) is 2.31. The molecule has 8 nitrogen and oxygen atoms in total. The van der Waals surface area contributed by atoms with E-state index < -0.39 is 16.6 Å². The van der Waals surface area contributed by atoms with Crippen LogP contribution < -0.4 is 14.4 Å². The zero-order valence-electron chi connectivity index (χ0n) is 16.1. The summed E-state index contributed by atoms with van der Waals surface area (Å²) >= 11 is 0. The summed E-state index contributed by atoms with van der Waals surface area (Å²) in [5, 5.41) is 0.226. The van der Waals surface area contributed by atoms with Crippen LogP contribution in [0, 0.1) is 5.82 Å². The van der Waals surface area contributed by atoms with E-state index in [-0.39, 0.29) is 16.6 Å². The maximum Gasteiger partial charge on any atom is 0.197 e. The van der Waals surface area contributed by atoms with Gasteiger partial charge in [-0.3, -0.25) is 9.19 Å². The molecule has 3 heterocycles. The maximum absolute atomic E-state index is 15.0. The van der Waals surface area contributed by atoms with Crippen LogP contribution in [-0.4, -0.2) is 59.7 Å². The molecule has 1 fully saturated rings. The molecule has 29 heavy (non-hydrogen) atoms. The number of rotatable bonds is 6. The third-order valence-electron chi connectivity index (χ3n) is 4.75. The summed E-state index contributed by atoms with van der Waals surface area (Å²) in [6, 6.07) is 5.13. The van der Waals surface area contributed by atoms with E-state index in [2.05, 4.69) is 15.0 Å². The Hall–Kier alpha value is -2.72. The van der Waals surface area contributed by atoms with E-state index in [1.165, 1.54) is 20.4 Å². The van der Waals surface area contributed by atoms with Crippen LogP contribution in [0.25, 0.3) is 11.0 Å². The molecule has 0 bridgehead atoms. The van der Waals surface area contributed by atoms with Crippen molar-refractivity contribution in [1.82, 2.24) is 15.0 Å². The number of H-pyrrole nitrogens is 1. The number of aromatic nitrogens is 3. The smallest absolute Gasteiger partial charge is 0.197 e. The molecule has 0 radical (unpaired) electrons. The molecular weight excluding hydrogens is 399 g/mol. The van der Waals surface area contributed by atoms with Gasteiger partial charge in [0.1, 0.15) is 5.52 Å². The molecule has 0 amide bonds. The number of pyridine rings is 1. The molecule has 1 saturated heterocycles. The van der Waals surface area contributed by atoms with E-state index >= 15 is 4.39 Å². The first-order chi connectivity index (χ1) is 14.1. The van der Waals surface area contributed by atoms with Crippen LogP contribution in [0.4, 0.5) is 10.1 Å². The summed E-state index contributed by atoms with van der Waals surface area (Å²) < 4.78 is 43.8. The monoisotopic (exact) mass is 420 g/mol. The Kier molecular flexibility index (Phi) is 5.63. The largest absolute Gasteiger partial charge is 0.493 e. The molecule has 4 rings (SSSR count). The molecule has 1 aromatic carbocycles. The molecule has 2 aromatic heterocycles. The predicted molar refractivity (Wildman–Crippen MR) is 107 cm³/mol. The number of halogens is 1. The predicted octanol–water partition coefficient (Wildman–Crippen LogP) is 2.26. The van der Waals surface area contributed by atoms with Crippen molar-refractivity contribution in [2.45, 2.75) is 10.9 Å². The van der Waals surface area contributed by atoms with Gasteiger partial charge >= 0.3 is 0 Å². The van der Waals surface area contributed by atoms with Crippen molar-refractivity contribution in [1.29, 1.82) is 0 Å². The number of hydrogen-bond acceptors (Lipinski definition) is 7. The molecular formula is C19H21FN4O4S. The summed E-state index contributed by atoms with van der Waals surface area (Å²) in [4.78, 5) is 13.4. The van der Waals surface area contributed by atoms with Crippen LogP contribution >= 0.6 is 0 Å². The number of aromatic amines is 1. The Bertz CT molecular complexity index is 1050. The first-order valence-corrected chi connectivity index (χ1v) is 10.4. The normalized spacial score (nSPS) is 15.5. The highest BCUT2D eigenvalue weighted by Crippen LogP contribution is 2.34. The molecule has 1 unspecified atom stereocenters. The number of ether oxygens (including phenoxy) is 3. The number of methoxy groups -OCH3 is 2. The molecule has 0 spiro atoms. The van der Waals surface area contributed by atoms with E-state index in [1.807, 2.05) is 4.90 Å². The number of benzene rings is 1. The number of nitrogens with zero attached hydrogens (tertiary/aromatic N) is 3. The minimum atomic E-state index is -1.62. The van der Waals surface area contributed by atoms with E-state index in [4.69, 9.17) is 14.2 Å². The van der Waals surface area contributed by atoms with Gasteiger partial charge in [0.15, 0.2) is 22.5 Å². The van der Waals surface area contributed by atoms with Crippen molar-refractivity contribution >= 4 is 27.5 Å². The molecule has 154 valence electrons. The molecule has 1 aliphatic rings. The first kappa shape index (κ1) is 19.6. The highest BCUT2D eigenvalue weighted by Gasteiger charge is 2.21. The number of nitrogens with one attached hydrogen (secondary N) is 1. The summed E-state index contributed by atoms with van der Waals surface area (Å²) in [5.74, 6) is 0.416. The number of hydrogen-bond donors (Lipinski definition) is 1. The third kappa shape index (κ3) is 3.77. The standard InChI is InChI=1S/C19H21FN4O4S/c1-26-15-4-3-12-17(18(15)27-2)23-19(22-12)29(25)11-13-16(20)14(5-6-21-13)24-7-9-28-10-8-24/h3-6H,7-11H2,1-2H3,(H,22,23). The van der Waals surface area contributed by atoms with Crippen molar-refractivity contribution in [3.05, 3.63) is 35.9 Å². The SMILES string of the molecule is COc1ccc2[nH]c(S(=O)Cc3nccc(N4CCOCC4)c3F)nc2c1OC. The fourth-order valence-corrected chi connectivity index (χ4v) is 4.30. The molecule has 3 aromatic rings. The first-order valence-electron chi connectivity index (χ1n) is 9.07. The maximum atomic E-state index is 15.0. The van der Waals surface area contributed by atoms with Gasteiger partial charge in [-0.2, -0.15) is 0 Å². The van der Waals surface area contributed by atoms with Crippen molar-refractivity contribution in [3.63, 3.8) is 0 Å². The minimum absolute atomic E-state index is 0.0940. The van der Waals surface area contributed by atoms with Gasteiger partial charge in [-0.1, -0.05) is 0 Å². The Morgan fingerprint density at radius 1 is 1.24 bits per heavy atom. The third-order valence-corrected chi connectivity index (χ3v) is 5.91. The number of imidazole rings is 1. The fourth-order valence-electron chi connectivity index (χ4n) is 3.29. The fraction of sp³-hybridized carbons (Fsp3) is 0.368. The van der Waals surface area contributed by atoms with E-state index in [0.29, 0.717) is 54.5 Å². The lowest BCUT2D eigenvalue weighted by Gasteiger charge is -2.29. The van der Waals surface area contributed by atoms with Gasteiger partial charge in [-0.15, -0.1) is 0 Å². The topological polar surface area (TPSA) is 89.6 Å². The molecule has 0 saturated carbocycles. The zero-order valence-corrected chi connectivity index (χ0v) is 16.9. The van der Waals surface area contributed by atoms with Gasteiger partial charge in [0.25, 0.3) is 0 Å². The van der Waals surface area contributed by atoms with Crippen molar-refractivity contribution in [3.8, 4) is 11.5 Å². The molecule has 10 heteroatoms. The van der Waals surface area contributed by atoms with Crippen LogP contribution in [0.2, 0.25) is 0 Å². The summed E-state index contributed by atoms with van der Waals surface area (Å²) in [5.41, 5.74) is 1.75. The van der Waals surface area contributed by atoms with Crippen molar-refractivity contribution < 1.29 is 22.8 Å². The van der Waals surface area contributed by atoms with Crippen LogP contribution in [0.3, 0.4) is 0 Å². The van der Waals surface area contributed by atoms with Crippen molar-refractivity contribution in [2.24, 2.45) is 0 Å². The zero-order chi connectivity index (χ0) is 20.4. The molecule has 0 aliphatic carbocycles. The second-order valence-electron chi connectivity index (χ2n) is 6.42. The van der Waals surface area contributed by atoms with Gasteiger partial charge < -0.3 is 24.1 Å². The highest BCUT2D eigenvalue weighted by molar-refractivity contribution is 7.84. The van der Waals surface area contributed by atoms with E-state index in [0.717, 1.165) is 0 Å². The lowest BCUT2D eigenvalue weighted by Crippen LogP contribution is -2.37. The average Bonchev–Trinajstić information content (AvgIpc) is 3.19. The highest BCUT2D eigenvalue weighted by atomic mass is 32.2.